The van der Waals surface area contributed by atoms with E-state index in [2.05, 4.69) is 31.4 Å². The first-order valence-corrected chi connectivity index (χ1v) is 7.68. The Morgan fingerprint density at radius 2 is 2.00 bits per heavy atom. The third kappa shape index (κ3) is 3.59. The van der Waals surface area contributed by atoms with Crippen LogP contribution in [0.4, 0.5) is 4.79 Å². The van der Waals surface area contributed by atoms with Crippen LogP contribution >= 0.6 is 0 Å². The van der Waals surface area contributed by atoms with E-state index >= 15 is 0 Å². The lowest BCUT2D eigenvalue weighted by molar-refractivity contribution is 0.0690. The van der Waals surface area contributed by atoms with Crippen molar-refractivity contribution < 1.29 is 9.59 Å². The van der Waals surface area contributed by atoms with Crippen molar-refractivity contribution in [3.63, 3.8) is 0 Å². The van der Waals surface area contributed by atoms with Crippen LogP contribution in [0, 0.1) is 5.41 Å². The molecule has 0 bridgehead atoms. The number of urea groups is 1. The largest absolute Gasteiger partial charge is 0.341 e. The molecule has 5 heteroatoms. The molecule has 0 radical (unpaired) electrons. The minimum Gasteiger partial charge on any atom is -0.341 e. The average Bonchev–Trinajstić information content (AvgIpc) is 2.48. The van der Waals surface area contributed by atoms with Crippen LogP contribution in [-0.4, -0.2) is 43.0 Å². The highest BCUT2D eigenvalue weighted by molar-refractivity contribution is 5.96. The highest BCUT2D eigenvalue weighted by atomic mass is 16.2. The maximum atomic E-state index is 12.6. The highest BCUT2D eigenvalue weighted by Crippen LogP contribution is 2.24. The zero-order valence-electron chi connectivity index (χ0n) is 13.8. The molecule has 1 aliphatic rings. The molecule has 3 amide bonds. The van der Waals surface area contributed by atoms with E-state index in [0.717, 1.165) is 17.5 Å². The van der Waals surface area contributed by atoms with E-state index in [1.54, 1.807) is 7.05 Å². The Bertz CT molecular complexity index is 563. The molecule has 22 heavy (non-hydrogen) atoms. The molecule has 2 N–H and O–H groups in total. The Kier molecular flexibility index (Phi) is 4.74. The maximum absolute atomic E-state index is 12.6. The Morgan fingerprint density at radius 1 is 1.32 bits per heavy atom. The van der Waals surface area contributed by atoms with Gasteiger partial charge in [-0.2, -0.15) is 0 Å². The summed E-state index contributed by atoms with van der Waals surface area (Å²) < 4.78 is 0. The van der Waals surface area contributed by atoms with Gasteiger partial charge in [0.1, 0.15) is 0 Å². The second-order valence-electron chi connectivity index (χ2n) is 6.80. The summed E-state index contributed by atoms with van der Waals surface area (Å²) in [7, 11) is 1.59. The van der Waals surface area contributed by atoms with Gasteiger partial charge in [0.25, 0.3) is 5.91 Å². The van der Waals surface area contributed by atoms with E-state index in [4.69, 9.17) is 0 Å². The molecule has 0 unspecified atom stereocenters. The normalized spacial score (nSPS) is 16.0. The summed E-state index contributed by atoms with van der Waals surface area (Å²) >= 11 is 0. The van der Waals surface area contributed by atoms with Gasteiger partial charge < -0.3 is 15.5 Å². The van der Waals surface area contributed by atoms with Crippen LogP contribution in [-0.2, 0) is 6.42 Å². The molecule has 120 valence electrons. The van der Waals surface area contributed by atoms with Gasteiger partial charge in [0.2, 0.25) is 0 Å². The van der Waals surface area contributed by atoms with E-state index in [1.807, 2.05) is 29.2 Å². The van der Waals surface area contributed by atoms with Crippen LogP contribution in [0.15, 0.2) is 24.3 Å². The second-order valence-corrected chi connectivity index (χ2v) is 6.80. The number of carbonyl (C=O) groups excluding carboxylic acids is 2. The molecular weight excluding hydrogens is 278 g/mol. The standard InChI is InChI=1S/C17H25N3O2/c1-17(2,3)14(19-16(22)18-4)11-20-10-9-12-7-5-6-8-13(12)15(20)21/h5-8,14H,9-11H2,1-4H3,(H2,18,19,22)/t14-/m1/s1. The number of hydrogen-bond donors (Lipinski definition) is 2. The number of nitrogens with one attached hydrogen (secondary N) is 2. The van der Waals surface area contributed by atoms with Gasteiger partial charge in [0.05, 0.1) is 6.04 Å². The Morgan fingerprint density at radius 3 is 2.64 bits per heavy atom. The Hall–Kier alpha value is -2.04. The summed E-state index contributed by atoms with van der Waals surface area (Å²) in [6, 6.07) is 7.42. The topological polar surface area (TPSA) is 61.4 Å². The number of amides is 3. The van der Waals surface area contributed by atoms with Gasteiger partial charge in [0, 0.05) is 25.7 Å². The van der Waals surface area contributed by atoms with Crippen LogP contribution in [0.3, 0.4) is 0 Å². The lowest BCUT2D eigenvalue weighted by atomic mass is 9.85. The summed E-state index contributed by atoms with van der Waals surface area (Å²) in [5.41, 5.74) is 1.75. The lowest BCUT2D eigenvalue weighted by Crippen LogP contribution is -2.54. The first-order chi connectivity index (χ1) is 10.3. The fourth-order valence-corrected chi connectivity index (χ4v) is 2.64. The summed E-state index contributed by atoms with van der Waals surface area (Å²) in [6.07, 6.45) is 0.860. The van der Waals surface area contributed by atoms with E-state index in [-0.39, 0.29) is 23.4 Å². The summed E-state index contributed by atoms with van der Waals surface area (Å²) in [5.74, 6) is 0.0507. The predicted octanol–water partition coefficient (Wildman–Crippen LogP) is 2.03. The van der Waals surface area contributed by atoms with Crippen molar-refractivity contribution in [1.29, 1.82) is 0 Å². The van der Waals surface area contributed by atoms with E-state index in [0.29, 0.717) is 13.1 Å². The summed E-state index contributed by atoms with van der Waals surface area (Å²) in [4.78, 5) is 26.1. The minimum atomic E-state index is -0.218. The van der Waals surface area contributed by atoms with Gasteiger partial charge >= 0.3 is 6.03 Å². The molecule has 1 aromatic carbocycles. The molecule has 0 saturated carbocycles. The van der Waals surface area contributed by atoms with Crippen LogP contribution in [0.5, 0.6) is 0 Å². The molecule has 0 spiro atoms. The quantitative estimate of drug-likeness (QED) is 0.897. The third-order valence-corrected chi connectivity index (χ3v) is 4.17. The lowest BCUT2D eigenvalue weighted by Gasteiger charge is -2.37. The summed E-state index contributed by atoms with van der Waals surface area (Å²) in [5, 5.41) is 5.53. The number of rotatable bonds is 3. The van der Waals surface area contributed by atoms with Crippen LogP contribution < -0.4 is 10.6 Å². The van der Waals surface area contributed by atoms with Gasteiger partial charge in [-0.25, -0.2) is 4.79 Å². The molecular formula is C17H25N3O2. The molecule has 1 aliphatic heterocycles. The molecule has 1 aromatic rings. The van der Waals surface area contributed by atoms with Gasteiger partial charge in [-0.1, -0.05) is 39.0 Å². The predicted molar refractivity (Wildman–Crippen MR) is 86.9 cm³/mol. The number of benzene rings is 1. The van der Waals surface area contributed by atoms with Crippen molar-refractivity contribution in [3.8, 4) is 0 Å². The van der Waals surface area contributed by atoms with Crippen LogP contribution in [0.2, 0.25) is 0 Å². The van der Waals surface area contributed by atoms with Crippen molar-refractivity contribution in [3.05, 3.63) is 35.4 Å². The van der Waals surface area contributed by atoms with Crippen LogP contribution in [0.25, 0.3) is 0 Å². The molecule has 0 aliphatic carbocycles. The molecule has 1 heterocycles. The molecule has 0 aromatic heterocycles. The fourth-order valence-electron chi connectivity index (χ4n) is 2.64. The average molecular weight is 303 g/mol. The first-order valence-electron chi connectivity index (χ1n) is 7.68. The highest BCUT2D eigenvalue weighted by Gasteiger charge is 2.32. The molecule has 5 nitrogen and oxygen atoms in total. The van der Waals surface area contributed by atoms with Gasteiger partial charge in [-0.05, 0) is 23.5 Å². The zero-order valence-corrected chi connectivity index (χ0v) is 13.8. The Labute approximate surface area is 132 Å². The smallest absolute Gasteiger partial charge is 0.314 e. The molecule has 2 rings (SSSR count). The van der Waals surface area contributed by atoms with Crippen molar-refractivity contribution >= 4 is 11.9 Å². The zero-order chi connectivity index (χ0) is 16.3. The number of nitrogens with zero attached hydrogens (tertiary/aromatic N) is 1. The van der Waals surface area contributed by atoms with E-state index in [9.17, 15) is 9.59 Å². The van der Waals surface area contributed by atoms with E-state index in [1.165, 1.54) is 0 Å². The third-order valence-electron chi connectivity index (χ3n) is 4.17. The summed E-state index contributed by atoms with van der Waals surface area (Å²) in [6.45, 7) is 7.41. The van der Waals surface area contributed by atoms with E-state index < -0.39 is 0 Å². The van der Waals surface area contributed by atoms with Crippen molar-refractivity contribution in [2.75, 3.05) is 20.1 Å². The SMILES string of the molecule is CNC(=O)N[C@H](CN1CCc2ccccc2C1=O)C(C)(C)C. The van der Waals surface area contributed by atoms with Crippen molar-refractivity contribution in [1.82, 2.24) is 15.5 Å². The second kappa shape index (κ2) is 6.38. The molecule has 0 fully saturated rings. The maximum Gasteiger partial charge on any atom is 0.314 e. The van der Waals surface area contributed by atoms with Gasteiger partial charge in [0.15, 0.2) is 0 Å². The van der Waals surface area contributed by atoms with Crippen molar-refractivity contribution in [2.45, 2.75) is 33.2 Å². The fraction of sp³-hybridized carbons (Fsp3) is 0.529. The molecule has 0 saturated heterocycles. The van der Waals surface area contributed by atoms with Crippen molar-refractivity contribution in [2.24, 2.45) is 5.41 Å². The minimum absolute atomic E-state index is 0.0507. The Balaban J connectivity index is 2.14. The van der Waals surface area contributed by atoms with Gasteiger partial charge in [-0.15, -0.1) is 0 Å². The number of hydrogen-bond acceptors (Lipinski definition) is 2. The number of fused-ring (bicyclic) bond motifs is 1. The molecule has 1 atom stereocenters. The van der Waals surface area contributed by atoms with Gasteiger partial charge in [-0.3, -0.25) is 4.79 Å². The first kappa shape index (κ1) is 16.3. The van der Waals surface area contributed by atoms with Crippen LogP contribution in [0.1, 0.15) is 36.7 Å². The number of carbonyl (C=O) groups is 2. The monoisotopic (exact) mass is 303 g/mol.